The van der Waals surface area contributed by atoms with Gasteiger partial charge in [-0.3, -0.25) is 0 Å². The molecule has 1 nitrogen and oxygen atoms in total. The lowest BCUT2D eigenvalue weighted by Crippen LogP contribution is -1.95. The molecular formula is C12H9ClF2O. The molecule has 2 aromatic rings. The van der Waals surface area contributed by atoms with Gasteiger partial charge in [0.05, 0.1) is 6.26 Å². The van der Waals surface area contributed by atoms with E-state index in [9.17, 15) is 8.78 Å². The first kappa shape index (κ1) is 11.1. The Bertz CT molecular complexity index is 507. The third-order valence-electron chi connectivity index (χ3n) is 2.37. The molecule has 2 rings (SSSR count). The second-order valence-corrected chi connectivity index (χ2v) is 3.94. The fraction of sp³-hybridized carbons (Fsp3) is 0.167. The van der Waals surface area contributed by atoms with E-state index < -0.39 is 17.0 Å². The number of hydrogen-bond donors (Lipinski definition) is 0. The maximum atomic E-state index is 13.0. The average Bonchev–Trinajstić information content (AvgIpc) is 2.67. The van der Waals surface area contributed by atoms with Crippen LogP contribution >= 0.6 is 11.6 Å². The molecule has 1 atom stereocenters. The zero-order chi connectivity index (χ0) is 11.7. The third kappa shape index (κ3) is 1.95. The fourth-order valence-corrected chi connectivity index (χ4v) is 1.82. The Kier molecular flexibility index (Phi) is 2.97. The van der Waals surface area contributed by atoms with E-state index in [1.54, 1.807) is 6.07 Å². The summed E-state index contributed by atoms with van der Waals surface area (Å²) in [6.07, 6.45) is 1.51. The van der Waals surface area contributed by atoms with Crippen molar-refractivity contribution in [2.45, 2.75) is 12.3 Å². The molecule has 0 spiro atoms. The van der Waals surface area contributed by atoms with Gasteiger partial charge < -0.3 is 4.42 Å². The molecule has 0 aliphatic carbocycles. The molecule has 0 amide bonds. The maximum Gasteiger partial charge on any atom is 0.159 e. The Hall–Kier alpha value is -1.35. The number of rotatable bonds is 2. The first-order valence-corrected chi connectivity index (χ1v) is 5.16. The average molecular weight is 243 g/mol. The normalized spacial score (nSPS) is 12.8. The van der Waals surface area contributed by atoms with E-state index in [2.05, 4.69) is 0 Å². The highest BCUT2D eigenvalue weighted by Crippen LogP contribution is 2.32. The van der Waals surface area contributed by atoms with Crippen molar-refractivity contribution in [3.63, 3.8) is 0 Å². The number of alkyl halides is 1. The minimum Gasteiger partial charge on any atom is -0.467 e. The van der Waals surface area contributed by atoms with Crippen molar-refractivity contribution in [2.24, 2.45) is 0 Å². The summed E-state index contributed by atoms with van der Waals surface area (Å²) in [4.78, 5) is 0. The second kappa shape index (κ2) is 4.26. The largest absolute Gasteiger partial charge is 0.467 e. The number of aryl methyl sites for hydroxylation is 1. The zero-order valence-corrected chi connectivity index (χ0v) is 9.26. The van der Waals surface area contributed by atoms with Gasteiger partial charge in [-0.2, -0.15) is 0 Å². The van der Waals surface area contributed by atoms with Crippen molar-refractivity contribution in [2.75, 3.05) is 0 Å². The maximum absolute atomic E-state index is 13.0. The van der Waals surface area contributed by atoms with Gasteiger partial charge in [-0.25, -0.2) is 8.78 Å². The molecule has 0 radical (unpaired) electrons. The molecule has 16 heavy (non-hydrogen) atoms. The molecule has 0 bridgehead atoms. The lowest BCUT2D eigenvalue weighted by atomic mass is 10.1. The van der Waals surface area contributed by atoms with Crippen LogP contribution in [0.2, 0.25) is 0 Å². The minimum absolute atomic E-state index is 0.471. The lowest BCUT2D eigenvalue weighted by Gasteiger charge is -2.08. The molecule has 4 heteroatoms. The molecule has 0 N–H and O–H groups in total. The van der Waals surface area contributed by atoms with E-state index >= 15 is 0 Å². The van der Waals surface area contributed by atoms with E-state index in [1.807, 2.05) is 6.92 Å². The molecule has 0 saturated heterocycles. The van der Waals surface area contributed by atoms with Crippen LogP contribution in [0.15, 0.2) is 34.9 Å². The van der Waals surface area contributed by atoms with Crippen molar-refractivity contribution in [3.05, 3.63) is 59.1 Å². The number of hydrogen-bond acceptors (Lipinski definition) is 1. The first-order valence-electron chi connectivity index (χ1n) is 4.72. The van der Waals surface area contributed by atoms with Gasteiger partial charge >= 0.3 is 0 Å². The van der Waals surface area contributed by atoms with Crippen molar-refractivity contribution < 1.29 is 13.2 Å². The van der Waals surface area contributed by atoms with E-state index in [4.69, 9.17) is 16.0 Å². The Morgan fingerprint density at radius 1 is 1.19 bits per heavy atom. The Morgan fingerprint density at radius 3 is 2.50 bits per heavy atom. The van der Waals surface area contributed by atoms with Gasteiger partial charge in [0.1, 0.15) is 11.1 Å². The van der Waals surface area contributed by atoms with Crippen molar-refractivity contribution >= 4 is 11.6 Å². The summed E-state index contributed by atoms with van der Waals surface area (Å²) in [5, 5.41) is -0.606. The quantitative estimate of drug-likeness (QED) is 0.720. The molecule has 1 heterocycles. The van der Waals surface area contributed by atoms with Gasteiger partial charge in [0, 0.05) is 0 Å². The van der Waals surface area contributed by atoms with Gasteiger partial charge in [-0.1, -0.05) is 6.07 Å². The highest BCUT2D eigenvalue weighted by atomic mass is 35.5. The van der Waals surface area contributed by atoms with Crippen LogP contribution in [0.25, 0.3) is 0 Å². The topological polar surface area (TPSA) is 13.1 Å². The summed E-state index contributed by atoms with van der Waals surface area (Å²) in [5.41, 5.74) is 1.35. The standard InChI is InChI=1S/C12H9ClF2O/c1-7-4-5-16-12(7)11(13)8-2-3-9(14)10(15)6-8/h2-6,11H,1H3. The smallest absolute Gasteiger partial charge is 0.159 e. The predicted octanol–water partition coefficient (Wildman–Crippen LogP) is 4.19. The molecule has 0 aliphatic rings. The van der Waals surface area contributed by atoms with E-state index in [0.29, 0.717) is 11.3 Å². The first-order chi connectivity index (χ1) is 7.59. The van der Waals surface area contributed by atoms with Crippen LogP contribution in [0, 0.1) is 18.6 Å². The lowest BCUT2D eigenvalue weighted by molar-refractivity contribution is 0.500. The van der Waals surface area contributed by atoms with E-state index in [0.717, 1.165) is 17.7 Å². The second-order valence-electron chi connectivity index (χ2n) is 3.50. The van der Waals surface area contributed by atoms with Gasteiger partial charge in [0.15, 0.2) is 11.6 Å². The summed E-state index contributed by atoms with van der Waals surface area (Å²) in [6.45, 7) is 1.84. The summed E-state index contributed by atoms with van der Waals surface area (Å²) in [6, 6.07) is 5.34. The van der Waals surface area contributed by atoms with Crippen LogP contribution in [0.4, 0.5) is 8.78 Å². The van der Waals surface area contributed by atoms with Gasteiger partial charge in [-0.05, 0) is 36.2 Å². The highest BCUT2D eigenvalue weighted by Gasteiger charge is 2.17. The molecule has 0 fully saturated rings. The molecule has 1 unspecified atom stereocenters. The van der Waals surface area contributed by atoms with Crippen molar-refractivity contribution in [1.82, 2.24) is 0 Å². The third-order valence-corrected chi connectivity index (χ3v) is 2.82. The molecule has 0 aliphatic heterocycles. The Balaban J connectivity index is 2.38. The van der Waals surface area contributed by atoms with Crippen LogP contribution in [-0.4, -0.2) is 0 Å². The summed E-state index contributed by atoms with van der Waals surface area (Å²) in [5.74, 6) is -1.25. The molecule has 0 saturated carbocycles. The van der Waals surface area contributed by atoms with Crippen molar-refractivity contribution in [3.8, 4) is 0 Å². The summed E-state index contributed by atoms with van der Waals surface area (Å²) < 4.78 is 31.0. The monoisotopic (exact) mass is 242 g/mol. The highest BCUT2D eigenvalue weighted by molar-refractivity contribution is 6.22. The Labute approximate surface area is 96.6 Å². The number of halogens is 3. The van der Waals surface area contributed by atoms with Gasteiger partial charge in [0.25, 0.3) is 0 Å². The summed E-state index contributed by atoms with van der Waals surface area (Å²) >= 11 is 6.12. The summed E-state index contributed by atoms with van der Waals surface area (Å²) in [7, 11) is 0. The van der Waals surface area contributed by atoms with Crippen LogP contribution in [0.1, 0.15) is 22.3 Å². The van der Waals surface area contributed by atoms with Crippen LogP contribution in [0.5, 0.6) is 0 Å². The van der Waals surface area contributed by atoms with Crippen LogP contribution in [-0.2, 0) is 0 Å². The zero-order valence-electron chi connectivity index (χ0n) is 8.51. The van der Waals surface area contributed by atoms with Crippen LogP contribution in [0.3, 0.4) is 0 Å². The van der Waals surface area contributed by atoms with Gasteiger partial charge in [-0.15, -0.1) is 11.6 Å². The molecular weight excluding hydrogens is 234 g/mol. The Morgan fingerprint density at radius 2 is 1.94 bits per heavy atom. The molecule has 1 aromatic carbocycles. The van der Waals surface area contributed by atoms with Crippen LogP contribution < -0.4 is 0 Å². The molecule has 84 valence electrons. The van der Waals surface area contributed by atoms with Gasteiger partial charge in [0.2, 0.25) is 0 Å². The number of benzene rings is 1. The van der Waals surface area contributed by atoms with E-state index in [-0.39, 0.29) is 0 Å². The predicted molar refractivity (Wildman–Crippen MR) is 57.5 cm³/mol. The SMILES string of the molecule is Cc1ccoc1C(Cl)c1ccc(F)c(F)c1. The minimum atomic E-state index is -0.910. The van der Waals surface area contributed by atoms with Crippen molar-refractivity contribution in [1.29, 1.82) is 0 Å². The fourth-order valence-electron chi connectivity index (χ4n) is 1.47. The number of furan rings is 1. The van der Waals surface area contributed by atoms with E-state index in [1.165, 1.54) is 12.3 Å². The molecule has 1 aromatic heterocycles.